The molecule has 86 valence electrons. The van der Waals surface area contributed by atoms with E-state index in [4.69, 9.17) is 12.2 Å². The van der Waals surface area contributed by atoms with Crippen LogP contribution in [0.25, 0.3) is 6.08 Å². The van der Waals surface area contributed by atoms with E-state index in [9.17, 15) is 4.79 Å². The van der Waals surface area contributed by atoms with Crippen molar-refractivity contribution in [1.29, 1.82) is 0 Å². The fraction of sp³-hybridized carbons (Fsp3) is 0. The molecule has 0 bridgehead atoms. The molecule has 1 heterocycles. The van der Waals surface area contributed by atoms with Crippen molar-refractivity contribution in [3.8, 4) is 0 Å². The van der Waals surface area contributed by atoms with Gasteiger partial charge in [0.05, 0.1) is 0 Å². The van der Waals surface area contributed by atoms with Gasteiger partial charge in [-0.1, -0.05) is 30.3 Å². The highest BCUT2D eigenvalue weighted by molar-refractivity contribution is 7.79. The Bertz CT molecular complexity index is 586. The Morgan fingerprint density at radius 3 is 2.71 bits per heavy atom. The van der Waals surface area contributed by atoms with Gasteiger partial charge in [-0.05, 0) is 44.5 Å². The van der Waals surface area contributed by atoms with Crippen LogP contribution < -0.4 is 5.32 Å². The molecular weight excluding hydrogens is 272 g/mol. The van der Waals surface area contributed by atoms with Crippen LogP contribution in [-0.4, -0.2) is 10.9 Å². The van der Waals surface area contributed by atoms with Crippen LogP contribution in [0.4, 0.5) is 5.13 Å². The number of benzene rings is 1. The van der Waals surface area contributed by atoms with Crippen LogP contribution >= 0.6 is 32.9 Å². The van der Waals surface area contributed by atoms with E-state index in [1.807, 2.05) is 30.3 Å². The van der Waals surface area contributed by atoms with Crippen molar-refractivity contribution in [2.75, 3.05) is 5.32 Å². The first-order chi connectivity index (χ1) is 8.24. The van der Waals surface area contributed by atoms with Crippen molar-refractivity contribution < 1.29 is 4.79 Å². The maximum absolute atomic E-state index is 11.5. The van der Waals surface area contributed by atoms with E-state index in [1.165, 1.54) is 26.8 Å². The van der Waals surface area contributed by atoms with Gasteiger partial charge in [-0.3, -0.25) is 10.1 Å². The van der Waals surface area contributed by atoms with Gasteiger partial charge < -0.3 is 0 Å². The van der Waals surface area contributed by atoms with Crippen molar-refractivity contribution in [3.63, 3.8) is 0 Å². The van der Waals surface area contributed by atoms with Crippen molar-refractivity contribution in [1.82, 2.24) is 4.98 Å². The molecular formula is C11H8N2OS3. The van der Waals surface area contributed by atoms with Crippen molar-refractivity contribution in [2.24, 2.45) is 0 Å². The fourth-order valence-corrected chi connectivity index (χ4v) is 2.99. The van der Waals surface area contributed by atoms with Crippen LogP contribution in [0, 0.1) is 3.95 Å². The quantitative estimate of drug-likeness (QED) is 0.531. The molecule has 1 N–H and O–H groups in total. The summed E-state index contributed by atoms with van der Waals surface area (Å²) in [6, 6.07) is 9.62. The molecule has 0 aliphatic heterocycles. The summed E-state index contributed by atoms with van der Waals surface area (Å²) < 4.78 is 0.539. The highest BCUT2D eigenvalue weighted by atomic mass is 32.9. The number of carbonyl (C=O) groups excluding carboxylic acids is 1. The van der Waals surface area contributed by atoms with Crippen molar-refractivity contribution >= 4 is 50.0 Å². The lowest BCUT2D eigenvalue weighted by Crippen LogP contribution is -2.07. The molecule has 3 nitrogen and oxygen atoms in total. The molecule has 0 aliphatic carbocycles. The second-order valence-corrected chi connectivity index (χ2v) is 5.83. The number of carbonyl (C=O) groups is 1. The Balaban J connectivity index is 1.98. The summed E-state index contributed by atoms with van der Waals surface area (Å²) in [5, 5.41) is 3.20. The average Bonchev–Trinajstić information content (AvgIpc) is 2.73. The van der Waals surface area contributed by atoms with Gasteiger partial charge in [-0.25, -0.2) is 0 Å². The zero-order valence-electron chi connectivity index (χ0n) is 8.62. The Morgan fingerprint density at radius 2 is 2.06 bits per heavy atom. The van der Waals surface area contributed by atoms with Crippen LogP contribution in [0.2, 0.25) is 0 Å². The second kappa shape index (κ2) is 5.81. The lowest BCUT2D eigenvalue weighted by molar-refractivity contribution is -0.111. The molecule has 0 fully saturated rings. The summed E-state index contributed by atoms with van der Waals surface area (Å²) in [5.74, 6) is -0.203. The monoisotopic (exact) mass is 280 g/mol. The largest absolute Gasteiger partial charge is 0.298 e. The number of hydrogen-bond donors (Lipinski definition) is 1. The van der Waals surface area contributed by atoms with Crippen LogP contribution in [0.5, 0.6) is 0 Å². The first kappa shape index (κ1) is 12.1. The molecule has 0 unspecified atom stereocenters. The first-order valence-electron chi connectivity index (χ1n) is 4.75. The summed E-state index contributed by atoms with van der Waals surface area (Å²) >= 11 is 4.88. The van der Waals surface area contributed by atoms with E-state index in [2.05, 4.69) is 10.3 Å². The highest BCUT2D eigenvalue weighted by Crippen LogP contribution is 2.18. The predicted molar refractivity (Wildman–Crippen MR) is 74.9 cm³/mol. The number of nitrogens with zero attached hydrogens (tertiary/aromatic N) is 1. The highest BCUT2D eigenvalue weighted by Gasteiger charge is 2.00. The third-order valence-corrected chi connectivity index (χ3v) is 4.36. The molecule has 0 aliphatic rings. The summed E-state index contributed by atoms with van der Waals surface area (Å²) in [7, 11) is 2.73. The molecule has 17 heavy (non-hydrogen) atoms. The van der Waals surface area contributed by atoms with Crippen LogP contribution in [0.15, 0.2) is 36.4 Å². The standard InChI is InChI=1S/C11H8N2OS3/c14-9(12-10-13-11(15)17-16-10)7-6-8-4-2-1-3-5-8/h1-7H,(H,12,13,14,15)/b7-6-. The van der Waals surface area contributed by atoms with E-state index < -0.39 is 0 Å². The van der Waals surface area contributed by atoms with Gasteiger partial charge in [-0.15, -0.1) is 0 Å². The summed E-state index contributed by atoms with van der Waals surface area (Å²) in [5.41, 5.74) is 0.980. The molecule has 6 heteroatoms. The number of amides is 1. The number of hydrogen-bond acceptors (Lipinski definition) is 5. The molecule has 0 radical (unpaired) electrons. The molecule has 0 saturated carbocycles. The Hall–Kier alpha value is -1.37. The lowest BCUT2D eigenvalue weighted by Gasteiger charge is -1.94. The predicted octanol–water partition coefficient (Wildman–Crippen LogP) is 3.59. The lowest BCUT2D eigenvalue weighted by atomic mass is 10.2. The zero-order chi connectivity index (χ0) is 12.1. The molecule has 0 saturated heterocycles. The van der Waals surface area contributed by atoms with Gasteiger partial charge in [0.2, 0.25) is 11.0 Å². The van der Waals surface area contributed by atoms with Crippen LogP contribution in [-0.2, 0) is 4.79 Å². The smallest absolute Gasteiger partial charge is 0.250 e. The minimum Gasteiger partial charge on any atom is -0.298 e. The first-order valence-corrected chi connectivity index (χ1v) is 7.31. The molecule has 0 spiro atoms. The summed E-state index contributed by atoms with van der Waals surface area (Å²) in [6.07, 6.45) is 3.23. The Morgan fingerprint density at radius 1 is 1.29 bits per heavy atom. The third kappa shape index (κ3) is 3.85. The topological polar surface area (TPSA) is 42.0 Å². The number of aromatic nitrogens is 1. The van der Waals surface area contributed by atoms with Gasteiger partial charge in [0.15, 0.2) is 3.95 Å². The Kier molecular flexibility index (Phi) is 4.13. The van der Waals surface area contributed by atoms with Gasteiger partial charge in [-0.2, -0.15) is 4.98 Å². The van der Waals surface area contributed by atoms with Gasteiger partial charge in [0.1, 0.15) is 0 Å². The average molecular weight is 280 g/mol. The Labute approximate surface area is 111 Å². The van der Waals surface area contributed by atoms with Gasteiger partial charge >= 0.3 is 0 Å². The molecule has 1 aromatic carbocycles. The maximum atomic E-state index is 11.5. The molecule has 1 aromatic heterocycles. The third-order valence-electron chi connectivity index (χ3n) is 1.84. The van der Waals surface area contributed by atoms with Crippen molar-refractivity contribution in [3.05, 3.63) is 45.9 Å². The number of rotatable bonds is 3. The van der Waals surface area contributed by atoms with Gasteiger partial charge in [0.25, 0.3) is 0 Å². The molecule has 1 amide bonds. The van der Waals surface area contributed by atoms with Crippen LogP contribution in [0.3, 0.4) is 0 Å². The summed E-state index contributed by atoms with van der Waals surface area (Å²) in [6.45, 7) is 0. The fourth-order valence-electron chi connectivity index (χ4n) is 1.13. The van der Waals surface area contributed by atoms with E-state index in [0.717, 1.165) is 5.56 Å². The maximum Gasteiger partial charge on any atom is 0.250 e. The number of nitrogens with one attached hydrogen (secondary N) is 1. The van der Waals surface area contributed by atoms with Crippen LogP contribution in [0.1, 0.15) is 5.56 Å². The second-order valence-electron chi connectivity index (χ2n) is 3.08. The minimum atomic E-state index is -0.203. The van der Waals surface area contributed by atoms with Gasteiger partial charge in [0, 0.05) is 6.08 Å². The van der Waals surface area contributed by atoms with E-state index in [0.29, 0.717) is 9.09 Å². The SMILES string of the molecule is O=C(/C=C\c1ccccc1)Nc1nc(=S)ss1. The normalized spacial score (nSPS) is 10.6. The summed E-state index contributed by atoms with van der Waals surface area (Å²) in [4.78, 5) is 15.5. The molecule has 2 rings (SSSR count). The molecule has 0 atom stereocenters. The van der Waals surface area contributed by atoms with E-state index in [1.54, 1.807) is 6.08 Å². The van der Waals surface area contributed by atoms with E-state index >= 15 is 0 Å². The number of anilines is 1. The molecule has 2 aromatic rings. The van der Waals surface area contributed by atoms with Crippen molar-refractivity contribution in [2.45, 2.75) is 0 Å². The minimum absolute atomic E-state index is 0.203. The zero-order valence-corrected chi connectivity index (χ0v) is 11.1. The van der Waals surface area contributed by atoms with E-state index in [-0.39, 0.29) is 5.91 Å².